The lowest BCUT2D eigenvalue weighted by Gasteiger charge is -2.21. The molecule has 3 aromatic carbocycles. The van der Waals surface area contributed by atoms with Crippen LogP contribution in [0, 0.1) is 12.7 Å². The number of nitrogens with one attached hydrogen (secondary N) is 1. The number of hydrogen-bond donors (Lipinski definition) is 1. The van der Waals surface area contributed by atoms with Crippen LogP contribution in [0.1, 0.15) is 5.56 Å². The fourth-order valence-corrected chi connectivity index (χ4v) is 3.57. The smallest absolute Gasteiger partial charge is 0.400 e. The average Bonchev–Trinajstić information content (AvgIpc) is 2.59. The topological polar surface area (TPSA) is 47.6 Å². The summed E-state index contributed by atoms with van der Waals surface area (Å²) in [6, 6.07) is 21.7. The Labute approximate surface area is 145 Å². The summed E-state index contributed by atoms with van der Waals surface area (Å²) >= 11 is 0. The minimum absolute atomic E-state index is 0.0511. The first-order valence-electron chi connectivity index (χ1n) is 7.68. The Morgan fingerprint density at radius 1 is 0.840 bits per heavy atom. The molecule has 0 saturated carbocycles. The summed E-state index contributed by atoms with van der Waals surface area (Å²) in [4.78, 5) is 0. The van der Waals surface area contributed by atoms with Crippen LogP contribution in [0.5, 0.6) is 11.5 Å². The highest BCUT2D eigenvalue weighted by Gasteiger charge is 2.30. The SMILES string of the molecule is Cc1ccc(F)c(NP(=O)(Oc2ccccc2)Oc2ccccc2)c1. The molecular formula is C19H17FNO3P. The maximum absolute atomic E-state index is 14.1. The third-order valence-electron chi connectivity index (χ3n) is 3.32. The summed E-state index contributed by atoms with van der Waals surface area (Å²) in [5.74, 6) is 0.156. The third-order valence-corrected chi connectivity index (χ3v) is 4.73. The minimum atomic E-state index is -3.92. The van der Waals surface area contributed by atoms with Crippen LogP contribution in [0.3, 0.4) is 0 Å². The van der Waals surface area contributed by atoms with E-state index < -0.39 is 13.6 Å². The standard InChI is InChI=1S/C19H17FNO3P/c1-15-12-13-18(20)19(14-15)21-25(22,23-16-8-4-2-5-9-16)24-17-10-6-3-7-11-17/h2-14H,1H3,(H,21,22). The maximum Gasteiger partial charge on any atom is 0.541 e. The fourth-order valence-electron chi connectivity index (χ4n) is 2.18. The molecule has 0 bridgehead atoms. The van der Waals surface area contributed by atoms with Crippen molar-refractivity contribution in [2.24, 2.45) is 0 Å². The van der Waals surface area contributed by atoms with E-state index in [2.05, 4.69) is 5.09 Å². The molecule has 0 atom stereocenters. The molecule has 6 heteroatoms. The highest BCUT2D eigenvalue weighted by atomic mass is 31.2. The number of para-hydroxylation sites is 2. The van der Waals surface area contributed by atoms with Crippen LogP contribution in [0.15, 0.2) is 78.9 Å². The zero-order chi connectivity index (χ0) is 17.7. The lowest BCUT2D eigenvalue weighted by Crippen LogP contribution is -2.11. The molecule has 0 aromatic heterocycles. The van der Waals surface area contributed by atoms with Gasteiger partial charge < -0.3 is 9.05 Å². The van der Waals surface area contributed by atoms with Crippen molar-refractivity contribution in [2.45, 2.75) is 6.92 Å². The Balaban J connectivity index is 1.93. The Kier molecular flexibility index (Phi) is 5.05. The van der Waals surface area contributed by atoms with Crippen molar-refractivity contribution in [2.75, 3.05) is 5.09 Å². The number of rotatable bonds is 6. The maximum atomic E-state index is 14.1. The van der Waals surface area contributed by atoms with Gasteiger partial charge in [-0.2, -0.15) is 0 Å². The van der Waals surface area contributed by atoms with Gasteiger partial charge in [0, 0.05) is 0 Å². The zero-order valence-corrected chi connectivity index (χ0v) is 14.4. The van der Waals surface area contributed by atoms with Crippen molar-refractivity contribution in [1.82, 2.24) is 0 Å². The molecule has 25 heavy (non-hydrogen) atoms. The summed E-state index contributed by atoms with van der Waals surface area (Å²) in [5, 5.41) is 2.60. The van der Waals surface area contributed by atoms with E-state index in [4.69, 9.17) is 9.05 Å². The van der Waals surface area contributed by atoms with Gasteiger partial charge in [-0.1, -0.05) is 42.5 Å². The van der Waals surface area contributed by atoms with Crippen molar-refractivity contribution in [3.05, 3.63) is 90.2 Å². The number of benzene rings is 3. The number of hydrogen-bond acceptors (Lipinski definition) is 3. The summed E-state index contributed by atoms with van der Waals surface area (Å²) < 4.78 is 38.5. The van der Waals surface area contributed by atoms with E-state index >= 15 is 0 Å². The predicted octanol–water partition coefficient (Wildman–Crippen LogP) is 5.81. The van der Waals surface area contributed by atoms with Crippen molar-refractivity contribution in [3.63, 3.8) is 0 Å². The van der Waals surface area contributed by atoms with Gasteiger partial charge in [0.25, 0.3) is 0 Å². The van der Waals surface area contributed by atoms with Gasteiger partial charge in [0.05, 0.1) is 5.69 Å². The quantitative estimate of drug-likeness (QED) is 0.565. The summed E-state index contributed by atoms with van der Waals surface area (Å²) in [6.45, 7) is 1.81. The Morgan fingerprint density at radius 3 is 1.88 bits per heavy atom. The average molecular weight is 357 g/mol. The molecule has 0 aliphatic heterocycles. The van der Waals surface area contributed by atoms with Gasteiger partial charge in [0.2, 0.25) is 0 Å². The van der Waals surface area contributed by atoms with Crippen LogP contribution in [0.25, 0.3) is 0 Å². The lowest BCUT2D eigenvalue weighted by atomic mass is 10.2. The first kappa shape index (κ1) is 17.1. The highest BCUT2D eigenvalue weighted by molar-refractivity contribution is 7.56. The molecule has 0 aliphatic carbocycles. The molecule has 0 heterocycles. The normalized spacial score (nSPS) is 11.0. The van der Waals surface area contributed by atoms with E-state index in [9.17, 15) is 8.96 Å². The molecule has 0 saturated heterocycles. The first-order chi connectivity index (χ1) is 12.0. The second-order valence-electron chi connectivity index (χ2n) is 5.40. The zero-order valence-electron chi connectivity index (χ0n) is 13.6. The van der Waals surface area contributed by atoms with Gasteiger partial charge >= 0.3 is 7.75 Å². The molecular weight excluding hydrogens is 340 g/mol. The van der Waals surface area contributed by atoms with Crippen molar-refractivity contribution in [1.29, 1.82) is 0 Å². The van der Waals surface area contributed by atoms with Crippen LogP contribution in [-0.4, -0.2) is 0 Å². The number of anilines is 1. The fraction of sp³-hybridized carbons (Fsp3) is 0.0526. The molecule has 0 fully saturated rings. The second-order valence-corrected chi connectivity index (χ2v) is 6.98. The minimum Gasteiger partial charge on any atom is -0.400 e. The van der Waals surface area contributed by atoms with Crippen molar-refractivity contribution in [3.8, 4) is 11.5 Å². The lowest BCUT2D eigenvalue weighted by molar-refractivity contribution is 0.392. The largest absolute Gasteiger partial charge is 0.541 e. The molecule has 0 unspecified atom stereocenters. The van der Waals surface area contributed by atoms with Crippen LogP contribution in [-0.2, 0) is 4.57 Å². The monoisotopic (exact) mass is 357 g/mol. The Hall–Kier alpha value is -2.78. The van der Waals surface area contributed by atoms with Gasteiger partial charge in [-0.15, -0.1) is 0 Å². The van der Waals surface area contributed by atoms with Gasteiger partial charge in [0.1, 0.15) is 17.3 Å². The Morgan fingerprint density at radius 2 is 1.36 bits per heavy atom. The molecule has 128 valence electrons. The molecule has 3 aromatic rings. The predicted molar refractivity (Wildman–Crippen MR) is 96.5 cm³/mol. The van der Waals surface area contributed by atoms with E-state index in [0.29, 0.717) is 11.5 Å². The van der Waals surface area contributed by atoms with E-state index in [1.54, 1.807) is 60.7 Å². The molecule has 0 amide bonds. The number of halogens is 1. The van der Waals surface area contributed by atoms with E-state index in [-0.39, 0.29) is 5.69 Å². The first-order valence-corrected chi connectivity index (χ1v) is 9.22. The molecule has 3 rings (SSSR count). The van der Waals surface area contributed by atoms with Crippen LogP contribution >= 0.6 is 7.75 Å². The second kappa shape index (κ2) is 7.41. The van der Waals surface area contributed by atoms with E-state index in [0.717, 1.165) is 5.56 Å². The van der Waals surface area contributed by atoms with Gasteiger partial charge in [0.15, 0.2) is 0 Å². The van der Waals surface area contributed by atoms with Crippen molar-refractivity contribution >= 4 is 13.4 Å². The van der Waals surface area contributed by atoms with Gasteiger partial charge in [-0.25, -0.2) is 8.96 Å². The summed E-state index contributed by atoms with van der Waals surface area (Å²) in [5.41, 5.74) is 0.866. The number of aryl methyl sites for hydroxylation is 1. The summed E-state index contributed by atoms with van der Waals surface area (Å²) in [7, 11) is -3.92. The van der Waals surface area contributed by atoms with Crippen LogP contribution < -0.4 is 14.1 Å². The van der Waals surface area contributed by atoms with Crippen LogP contribution in [0.4, 0.5) is 10.1 Å². The molecule has 4 nitrogen and oxygen atoms in total. The van der Waals surface area contributed by atoms with E-state index in [1.165, 1.54) is 6.07 Å². The van der Waals surface area contributed by atoms with Crippen molar-refractivity contribution < 1.29 is 18.0 Å². The molecule has 1 N–H and O–H groups in total. The Bertz CT molecular complexity index is 842. The van der Waals surface area contributed by atoms with Crippen LogP contribution in [0.2, 0.25) is 0 Å². The van der Waals surface area contributed by atoms with Gasteiger partial charge in [-0.05, 0) is 48.9 Å². The van der Waals surface area contributed by atoms with E-state index in [1.807, 2.05) is 19.1 Å². The molecule has 0 radical (unpaired) electrons. The molecule has 0 spiro atoms. The van der Waals surface area contributed by atoms with Gasteiger partial charge in [-0.3, -0.25) is 5.09 Å². The molecule has 0 aliphatic rings. The highest BCUT2D eigenvalue weighted by Crippen LogP contribution is 2.48. The summed E-state index contributed by atoms with van der Waals surface area (Å²) in [6.07, 6.45) is 0. The third kappa shape index (κ3) is 4.61.